The van der Waals surface area contributed by atoms with Crippen LogP contribution in [-0.2, 0) is 0 Å². The number of piperidine rings is 1. The zero-order valence-corrected chi connectivity index (χ0v) is 14.6. The van der Waals surface area contributed by atoms with E-state index in [-0.39, 0.29) is 0 Å². The summed E-state index contributed by atoms with van der Waals surface area (Å²) in [5.41, 5.74) is 7.70. The van der Waals surface area contributed by atoms with E-state index in [1.165, 1.54) is 19.1 Å². The van der Waals surface area contributed by atoms with E-state index in [4.69, 9.17) is 10.2 Å². The summed E-state index contributed by atoms with van der Waals surface area (Å²) in [7, 11) is 2.22. The van der Waals surface area contributed by atoms with Crippen LogP contribution in [0.1, 0.15) is 42.2 Å². The molecule has 7 nitrogen and oxygen atoms in total. The van der Waals surface area contributed by atoms with Gasteiger partial charge in [-0.05, 0) is 50.9 Å². The highest BCUT2D eigenvalue weighted by Gasteiger charge is 2.40. The van der Waals surface area contributed by atoms with Crippen molar-refractivity contribution in [2.75, 3.05) is 7.05 Å². The predicted octanol–water partition coefficient (Wildman–Crippen LogP) is 2.59. The number of primary amides is 1. The SMILES string of the molecule is CN1C2CCC1CC(n1nc(C(N)=O)c3cc(-c4ncco4)ccc31)C2. The van der Waals surface area contributed by atoms with Crippen molar-refractivity contribution < 1.29 is 9.21 Å². The standard InChI is InChI=1S/C19H21N5O2/c1-23-12-3-4-13(23)10-14(9-12)24-16-5-2-11(19-21-6-7-26-19)8-15(16)17(22-24)18(20)25/h2,5-8,12-14H,3-4,9-10H2,1H3,(H2,20,25). The summed E-state index contributed by atoms with van der Waals surface area (Å²) in [5.74, 6) is 0.0154. The molecule has 7 heteroatoms. The summed E-state index contributed by atoms with van der Waals surface area (Å²) in [6, 6.07) is 7.35. The first-order valence-electron chi connectivity index (χ1n) is 9.05. The maximum atomic E-state index is 12.0. The van der Waals surface area contributed by atoms with Crippen LogP contribution in [0.4, 0.5) is 0 Å². The van der Waals surface area contributed by atoms with E-state index < -0.39 is 5.91 Å². The summed E-state index contributed by atoms with van der Waals surface area (Å²) in [6.45, 7) is 0. The molecule has 2 saturated heterocycles. The lowest BCUT2D eigenvalue weighted by Crippen LogP contribution is -2.40. The first-order valence-corrected chi connectivity index (χ1v) is 9.05. The Bertz CT molecular complexity index is 963. The molecule has 26 heavy (non-hydrogen) atoms. The van der Waals surface area contributed by atoms with Gasteiger partial charge in [0.2, 0.25) is 5.89 Å². The van der Waals surface area contributed by atoms with Crippen molar-refractivity contribution >= 4 is 16.8 Å². The van der Waals surface area contributed by atoms with Crippen molar-refractivity contribution in [2.24, 2.45) is 5.73 Å². The normalized spacial score (nSPS) is 25.8. The summed E-state index contributed by atoms with van der Waals surface area (Å²) in [6.07, 6.45) is 7.74. The van der Waals surface area contributed by atoms with Crippen molar-refractivity contribution in [1.82, 2.24) is 19.7 Å². The molecule has 3 aromatic rings. The van der Waals surface area contributed by atoms with E-state index in [2.05, 4.69) is 22.0 Å². The molecule has 0 spiro atoms. The highest BCUT2D eigenvalue weighted by atomic mass is 16.3. The quantitative estimate of drug-likeness (QED) is 0.783. The van der Waals surface area contributed by atoms with Crippen molar-refractivity contribution in [3.05, 3.63) is 36.4 Å². The average Bonchev–Trinajstić information content (AvgIpc) is 3.32. The van der Waals surface area contributed by atoms with Gasteiger partial charge in [-0.2, -0.15) is 5.10 Å². The molecule has 1 aromatic carbocycles. The van der Waals surface area contributed by atoms with Gasteiger partial charge in [0.15, 0.2) is 5.69 Å². The smallest absolute Gasteiger partial charge is 0.269 e. The molecule has 4 heterocycles. The Kier molecular flexibility index (Phi) is 3.40. The van der Waals surface area contributed by atoms with Gasteiger partial charge in [-0.15, -0.1) is 0 Å². The highest BCUT2D eigenvalue weighted by Crippen LogP contribution is 2.41. The summed E-state index contributed by atoms with van der Waals surface area (Å²) < 4.78 is 7.40. The number of hydrogen-bond acceptors (Lipinski definition) is 5. The van der Waals surface area contributed by atoms with Crippen molar-refractivity contribution in [2.45, 2.75) is 43.8 Å². The predicted molar refractivity (Wildman–Crippen MR) is 96.6 cm³/mol. The molecule has 0 aliphatic carbocycles. The summed E-state index contributed by atoms with van der Waals surface area (Å²) >= 11 is 0. The minimum Gasteiger partial charge on any atom is -0.445 e. The third-order valence-corrected chi connectivity index (χ3v) is 6.04. The van der Waals surface area contributed by atoms with Gasteiger partial charge < -0.3 is 15.1 Å². The zero-order chi connectivity index (χ0) is 17.8. The van der Waals surface area contributed by atoms with Crippen LogP contribution in [0.5, 0.6) is 0 Å². The van der Waals surface area contributed by atoms with Crippen LogP contribution in [0.15, 0.2) is 35.1 Å². The number of benzene rings is 1. The van der Waals surface area contributed by atoms with E-state index in [9.17, 15) is 4.79 Å². The molecular weight excluding hydrogens is 330 g/mol. The lowest BCUT2D eigenvalue weighted by atomic mass is 9.98. The van der Waals surface area contributed by atoms with Crippen LogP contribution in [0.25, 0.3) is 22.4 Å². The Balaban J connectivity index is 1.61. The molecule has 2 aromatic heterocycles. The molecule has 2 atom stereocenters. The minimum absolute atomic E-state index is 0.298. The zero-order valence-electron chi connectivity index (χ0n) is 14.6. The van der Waals surface area contributed by atoms with Gasteiger partial charge in [-0.3, -0.25) is 9.48 Å². The van der Waals surface area contributed by atoms with Crippen LogP contribution < -0.4 is 5.73 Å². The molecule has 2 N–H and O–H groups in total. The number of aromatic nitrogens is 3. The minimum atomic E-state index is -0.505. The second-order valence-electron chi connectivity index (χ2n) is 7.40. The Morgan fingerprint density at radius 1 is 1.23 bits per heavy atom. The van der Waals surface area contributed by atoms with Crippen molar-refractivity contribution in [3.63, 3.8) is 0 Å². The molecule has 5 rings (SSSR count). The fraction of sp³-hybridized carbons (Fsp3) is 0.421. The topological polar surface area (TPSA) is 90.2 Å². The molecule has 2 aliphatic rings. The fourth-order valence-corrected chi connectivity index (χ4v) is 4.68. The summed E-state index contributed by atoms with van der Waals surface area (Å²) in [5, 5.41) is 5.39. The maximum absolute atomic E-state index is 12.0. The third-order valence-electron chi connectivity index (χ3n) is 6.04. The molecule has 2 unspecified atom stereocenters. The monoisotopic (exact) mass is 351 g/mol. The number of nitrogens with two attached hydrogens (primary N) is 1. The van der Waals surface area contributed by atoms with Crippen LogP contribution in [0, 0.1) is 0 Å². The lowest BCUT2D eigenvalue weighted by Gasteiger charge is -2.36. The van der Waals surface area contributed by atoms with Gasteiger partial charge in [-0.1, -0.05) is 0 Å². The van der Waals surface area contributed by atoms with Gasteiger partial charge >= 0.3 is 0 Å². The van der Waals surface area contributed by atoms with Crippen LogP contribution in [0.3, 0.4) is 0 Å². The summed E-state index contributed by atoms with van der Waals surface area (Å²) in [4.78, 5) is 18.7. The lowest BCUT2D eigenvalue weighted by molar-refractivity contribution is 0.0993. The molecule has 1 amide bonds. The molecule has 2 aliphatic heterocycles. The molecular formula is C19H21N5O2. The van der Waals surface area contributed by atoms with E-state index in [1.807, 2.05) is 22.9 Å². The largest absolute Gasteiger partial charge is 0.445 e. The molecule has 134 valence electrons. The van der Waals surface area contributed by atoms with Gasteiger partial charge in [0.1, 0.15) is 6.26 Å². The van der Waals surface area contributed by atoms with Gasteiger partial charge in [0.05, 0.1) is 17.8 Å². The number of nitrogens with zero attached hydrogens (tertiary/aromatic N) is 4. The molecule has 2 bridgehead atoms. The van der Waals surface area contributed by atoms with Gasteiger partial charge in [0.25, 0.3) is 5.91 Å². The number of carbonyl (C=O) groups excluding carboxylic acids is 1. The number of hydrogen-bond donors (Lipinski definition) is 1. The molecule has 0 radical (unpaired) electrons. The number of fused-ring (bicyclic) bond motifs is 3. The first kappa shape index (κ1) is 15.6. The number of rotatable bonds is 3. The van der Waals surface area contributed by atoms with Crippen LogP contribution in [-0.4, -0.2) is 44.7 Å². The highest BCUT2D eigenvalue weighted by molar-refractivity contribution is 6.05. The maximum Gasteiger partial charge on any atom is 0.269 e. The van der Waals surface area contributed by atoms with Gasteiger partial charge in [-0.25, -0.2) is 4.98 Å². The number of amides is 1. The second-order valence-corrected chi connectivity index (χ2v) is 7.40. The number of carbonyl (C=O) groups is 1. The van der Waals surface area contributed by atoms with E-state index in [0.717, 1.165) is 29.3 Å². The van der Waals surface area contributed by atoms with E-state index >= 15 is 0 Å². The molecule has 2 fully saturated rings. The number of oxazole rings is 1. The van der Waals surface area contributed by atoms with Crippen LogP contribution >= 0.6 is 0 Å². The average molecular weight is 351 g/mol. The van der Waals surface area contributed by atoms with Crippen molar-refractivity contribution in [1.29, 1.82) is 0 Å². The molecule has 0 saturated carbocycles. The van der Waals surface area contributed by atoms with Gasteiger partial charge in [0, 0.05) is 23.0 Å². The Morgan fingerprint density at radius 2 is 2.00 bits per heavy atom. The second kappa shape index (κ2) is 5.67. The Hall–Kier alpha value is -2.67. The van der Waals surface area contributed by atoms with Crippen LogP contribution in [0.2, 0.25) is 0 Å². The fourth-order valence-electron chi connectivity index (χ4n) is 4.68. The third kappa shape index (κ3) is 2.27. The Labute approximate surface area is 150 Å². The first-order chi connectivity index (χ1) is 12.6. The Morgan fingerprint density at radius 3 is 2.65 bits per heavy atom. The van der Waals surface area contributed by atoms with E-state index in [0.29, 0.717) is 29.7 Å². The van der Waals surface area contributed by atoms with E-state index in [1.54, 1.807) is 6.20 Å². The van der Waals surface area contributed by atoms with Crippen molar-refractivity contribution in [3.8, 4) is 11.5 Å².